The van der Waals surface area contributed by atoms with Crippen LogP contribution in [0.1, 0.15) is 37.1 Å². The zero-order chi connectivity index (χ0) is 17.9. The van der Waals surface area contributed by atoms with E-state index in [9.17, 15) is 0 Å². The van der Waals surface area contributed by atoms with Gasteiger partial charge in [-0.2, -0.15) is 0 Å². The van der Waals surface area contributed by atoms with E-state index in [-0.39, 0.29) is 12.1 Å². The van der Waals surface area contributed by atoms with Crippen molar-refractivity contribution in [2.24, 2.45) is 0 Å². The fraction of sp³-hybridized carbons (Fsp3) is 0.500. The Morgan fingerprint density at radius 2 is 1.92 bits per heavy atom. The topological polar surface area (TPSA) is 56.7 Å². The minimum absolute atomic E-state index is 0.224. The van der Waals surface area contributed by atoms with E-state index in [1.165, 1.54) is 0 Å². The molecule has 0 N–H and O–H groups in total. The molecule has 138 valence electrons. The lowest BCUT2D eigenvalue weighted by Crippen LogP contribution is -2.40. The Kier molecular flexibility index (Phi) is 4.93. The van der Waals surface area contributed by atoms with Gasteiger partial charge in [-0.05, 0) is 44.4 Å². The Hall–Kier alpha value is -2.34. The van der Waals surface area contributed by atoms with Gasteiger partial charge in [0.05, 0.1) is 5.69 Å². The van der Waals surface area contributed by atoms with Gasteiger partial charge in [-0.3, -0.25) is 4.90 Å². The van der Waals surface area contributed by atoms with Gasteiger partial charge in [0.15, 0.2) is 5.75 Å². The van der Waals surface area contributed by atoms with E-state index in [0.717, 1.165) is 48.8 Å². The van der Waals surface area contributed by atoms with Gasteiger partial charge in [0.25, 0.3) is 5.88 Å². The van der Waals surface area contributed by atoms with Crippen LogP contribution in [0.2, 0.25) is 0 Å². The molecule has 1 atom stereocenters. The summed E-state index contributed by atoms with van der Waals surface area (Å²) in [7, 11) is 0. The molecule has 0 bridgehead atoms. The number of rotatable bonds is 4. The first-order chi connectivity index (χ1) is 12.7. The highest BCUT2D eigenvalue weighted by Crippen LogP contribution is 2.31. The SMILES string of the molecule is Cc1ccc(OC2CCN(C(C)c3ccc4c(n3)OCCO4)CC2)nc1. The van der Waals surface area contributed by atoms with E-state index in [0.29, 0.717) is 19.1 Å². The minimum Gasteiger partial charge on any atom is -0.484 e. The Labute approximate surface area is 154 Å². The van der Waals surface area contributed by atoms with Gasteiger partial charge in [0.1, 0.15) is 19.3 Å². The number of aryl methyl sites for hydroxylation is 1. The lowest BCUT2D eigenvalue weighted by Gasteiger charge is -2.35. The molecule has 6 heteroatoms. The van der Waals surface area contributed by atoms with Gasteiger partial charge in [-0.1, -0.05) is 6.07 Å². The lowest BCUT2D eigenvalue weighted by molar-refractivity contribution is 0.0752. The molecule has 2 aromatic heterocycles. The van der Waals surface area contributed by atoms with E-state index >= 15 is 0 Å². The van der Waals surface area contributed by atoms with E-state index in [1.54, 1.807) is 0 Å². The molecule has 0 amide bonds. The number of pyridine rings is 2. The highest BCUT2D eigenvalue weighted by Gasteiger charge is 2.26. The third-order valence-electron chi connectivity index (χ3n) is 5.05. The van der Waals surface area contributed by atoms with E-state index in [1.807, 2.05) is 37.4 Å². The summed E-state index contributed by atoms with van der Waals surface area (Å²) < 4.78 is 17.2. The van der Waals surface area contributed by atoms with Crippen LogP contribution in [0.4, 0.5) is 0 Å². The average molecular weight is 355 g/mol. The molecule has 1 unspecified atom stereocenters. The summed E-state index contributed by atoms with van der Waals surface area (Å²) in [5.74, 6) is 2.07. The maximum absolute atomic E-state index is 6.03. The second-order valence-corrected chi connectivity index (χ2v) is 6.94. The summed E-state index contributed by atoms with van der Waals surface area (Å²) in [4.78, 5) is 11.4. The van der Waals surface area contributed by atoms with Crippen molar-refractivity contribution in [3.05, 3.63) is 41.7 Å². The molecular weight excluding hydrogens is 330 g/mol. The van der Waals surface area contributed by atoms with Gasteiger partial charge < -0.3 is 14.2 Å². The van der Waals surface area contributed by atoms with Gasteiger partial charge in [0.2, 0.25) is 5.88 Å². The van der Waals surface area contributed by atoms with Crippen molar-refractivity contribution in [1.82, 2.24) is 14.9 Å². The summed E-state index contributed by atoms with van der Waals surface area (Å²) >= 11 is 0. The molecule has 0 radical (unpaired) electrons. The number of nitrogens with zero attached hydrogens (tertiary/aromatic N) is 3. The van der Waals surface area contributed by atoms with Crippen LogP contribution in [-0.2, 0) is 0 Å². The lowest BCUT2D eigenvalue weighted by atomic mass is 10.0. The first-order valence-corrected chi connectivity index (χ1v) is 9.29. The third kappa shape index (κ3) is 3.75. The van der Waals surface area contributed by atoms with Crippen molar-refractivity contribution in [2.75, 3.05) is 26.3 Å². The second kappa shape index (κ2) is 7.50. The van der Waals surface area contributed by atoms with Gasteiger partial charge in [0, 0.05) is 31.4 Å². The van der Waals surface area contributed by atoms with Crippen molar-refractivity contribution < 1.29 is 14.2 Å². The van der Waals surface area contributed by atoms with E-state index in [2.05, 4.69) is 21.8 Å². The van der Waals surface area contributed by atoms with Crippen LogP contribution in [0.5, 0.6) is 17.5 Å². The molecule has 26 heavy (non-hydrogen) atoms. The zero-order valence-electron chi connectivity index (χ0n) is 15.4. The highest BCUT2D eigenvalue weighted by atomic mass is 16.6. The van der Waals surface area contributed by atoms with Crippen LogP contribution in [-0.4, -0.2) is 47.3 Å². The predicted molar refractivity (Wildman–Crippen MR) is 97.8 cm³/mol. The Balaban J connectivity index is 1.34. The highest BCUT2D eigenvalue weighted by molar-refractivity contribution is 5.36. The predicted octanol–water partition coefficient (Wildman–Crippen LogP) is 3.16. The number of ether oxygens (including phenoxy) is 3. The number of fused-ring (bicyclic) bond motifs is 1. The van der Waals surface area contributed by atoms with Crippen LogP contribution >= 0.6 is 0 Å². The van der Waals surface area contributed by atoms with Crippen molar-refractivity contribution >= 4 is 0 Å². The molecule has 0 aromatic carbocycles. The van der Waals surface area contributed by atoms with Crippen LogP contribution in [0.15, 0.2) is 30.5 Å². The van der Waals surface area contributed by atoms with Crippen molar-refractivity contribution in [2.45, 2.75) is 38.8 Å². The van der Waals surface area contributed by atoms with Crippen LogP contribution in [0.3, 0.4) is 0 Å². The van der Waals surface area contributed by atoms with Crippen molar-refractivity contribution in [3.63, 3.8) is 0 Å². The Morgan fingerprint density at radius 3 is 2.69 bits per heavy atom. The summed E-state index contributed by atoms with van der Waals surface area (Å²) in [6.07, 6.45) is 4.05. The molecule has 0 saturated carbocycles. The molecular formula is C20H25N3O3. The largest absolute Gasteiger partial charge is 0.484 e. The molecule has 1 saturated heterocycles. The molecule has 2 aliphatic heterocycles. The van der Waals surface area contributed by atoms with Gasteiger partial charge in [-0.15, -0.1) is 0 Å². The molecule has 4 rings (SSSR count). The quantitative estimate of drug-likeness (QED) is 0.840. The second-order valence-electron chi connectivity index (χ2n) is 6.94. The maximum Gasteiger partial charge on any atom is 0.257 e. The Morgan fingerprint density at radius 1 is 1.12 bits per heavy atom. The number of hydrogen-bond donors (Lipinski definition) is 0. The third-order valence-corrected chi connectivity index (χ3v) is 5.05. The van der Waals surface area contributed by atoms with Crippen LogP contribution in [0.25, 0.3) is 0 Å². The van der Waals surface area contributed by atoms with E-state index in [4.69, 9.17) is 14.2 Å². The maximum atomic E-state index is 6.03. The molecule has 6 nitrogen and oxygen atoms in total. The smallest absolute Gasteiger partial charge is 0.257 e. The minimum atomic E-state index is 0.224. The zero-order valence-corrected chi connectivity index (χ0v) is 15.4. The van der Waals surface area contributed by atoms with Crippen LogP contribution < -0.4 is 14.2 Å². The van der Waals surface area contributed by atoms with Crippen molar-refractivity contribution in [1.29, 1.82) is 0 Å². The van der Waals surface area contributed by atoms with Crippen molar-refractivity contribution in [3.8, 4) is 17.5 Å². The fourth-order valence-corrected chi connectivity index (χ4v) is 3.44. The first-order valence-electron chi connectivity index (χ1n) is 9.29. The van der Waals surface area contributed by atoms with Crippen LogP contribution in [0, 0.1) is 6.92 Å². The Bertz CT molecular complexity index is 742. The number of hydrogen-bond acceptors (Lipinski definition) is 6. The van der Waals surface area contributed by atoms with Gasteiger partial charge in [-0.25, -0.2) is 9.97 Å². The molecule has 2 aliphatic rings. The molecule has 2 aromatic rings. The molecule has 1 fully saturated rings. The fourth-order valence-electron chi connectivity index (χ4n) is 3.44. The standard InChI is InChI=1S/C20H25N3O3/c1-14-3-6-19(21-13-14)26-16-7-9-23(10-8-16)15(2)17-4-5-18-20(22-17)25-12-11-24-18/h3-6,13,15-16H,7-12H2,1-2H3. The molecule has 0 spiro atoms. The monoisotopic (exact) mass is 355 g/mol. The van der Waals surface area contributed by atoms with Gasteiger partial charge >= 0.3 is 0 Å². The van der Waals surface area contributed by atoms with E-state index < -0.39 is 0 Å². The average Bonchev–Trinajstić information content (AvgIpc) is 2.69. The normalized spacial score (nSPS) is 19.2. The summed E-state index contributed by atoms with van der Waals surface area (Å²) in [5, 5.41) is 0. The number of aromatic nitrogens is 2. The molecule has 0 aliphatic carbocycles. The number of likely N-dealkylation sites (tertiary alicyclic amines) is 1. The summed E-state index contributed by atoms with van der Waals surface area (Å²) in [5.41, 5.74) is 2.17. The number of piperidine rings is 1. The first kappa shape index (κ1) is 17.1. The molecule has 4 heterocycles. The summed E-state index contributed by atoms with van der Waals surface area (Å²) in [6.45, 7) is 7.34. The summed E-state index contributed by atoms with van der Waals surface area (Å²) in [6, 6.07) is 8.23.